The number of nitrogens with zero attached hydrogens (tertiary/aromatic N) is 1. The van der Waals surface area contributed by atoms with E-state index in [0.29, 0.717) is 6.07 Å². The van der Waals surface area contributed by atoms with Crippen molar-refractivity contribution < 1.29 is 30.7 Å². The third-order valence-corrected chi connectivity index (χ3v) is 2.35. The van der Waals surface area contributed by atoms with Gasteiger partial charge in [-0.3, -0.25) is 0 Å². The van der Waals surface area contributed by atoms with Crippen molar-refractivity contribution in [1.82, 2.24) is 0 Å². The number of hydrogen-bond acceptors (Lipinski definition) is 2. The molecule has 0 saturated heterocycles. The molecule has 9 heteroatoms. The highest BCUT2D eigenvalue weighted by Gasteiger charge is 2.73. The second kappa shape index (κ2) is 4.29. The van der Waals surface area contributed by atoms with Gasteiger partial charge < -0.3 is 5.73 Å². The summed E-state index contributed by atoms with van der Waals surface area (Å²) in [5.74, 6) is 0. The van der Waals surface area contributed by atoms with E-state index >= 15 is 0 Å². The Morgan fingerprint density at radius 1 is 0.947 bits per heavy atom. The van der Waals surface area contributed by atoms with E-state index in [1.807, 2.05) is 0 Å². The number of nitrogens with two attached hydrogens (primary N) is 1. The minimum Gasteiger partial charge on any atom is -0.398 e. The number of benzene rings is 1. The zero-order chi connectivity index (χ0) is 15.1. The fourth-order valence-corrected chi connectivity index (χ4v) is 1.36. The van der Waals surface area contributed by atoms with Gasteiger partial charge in [-0.25, -0.2) is 4.39 Å². The van der Waals surface area contributed by atoms with Crippen molar-refractivity contribution in [3.8, 4) is 6.07 Å². The molecular formula is C10H5F7N2. The smallest absolute Gasteiger partial charge is 0.398 e. The maximum absolute atomic E-state index is 13.6. The molecule has 0 aliphatic carbocycles. The van der Waals surface area contributed by atoms with Crippen molar-refractivity contribution in [1.29, 1.82) is 5.26 Å². The van der Waals surface area contributed by atoms with Gasteiger partial charge in [0.05, 0.1) is 5.56 Å². The number of nitrogen functional groups attached to an aromatic ring is 1. The topological polar surface area (TPSA) is 49.8 Å². The minimum atomic E-state index is -6.21. The lowest BCUT2D eigenvalue weighted by atomic mass is 9.92. The summed E-state index contributed by atoms with van der Waals surface area (Å²) < 4.78 is 88.1. The molecule has 0 atom stereocenters. The van der Waals surface area contributed by atoms with Crippen molar-refractivity contribution in [2.75, 3.05) is 5.73 Å². The first-order chi connectivity index (χ1) is 8.45. The molecule has 19 heavy (non-hydrogen) atoms. The standard InChI is InChI=1S/C10H5F7N2/c11-8(9(12,13)14,10(15,16)17)6-1-2-7(19)5(3-6)4-18/h1-3H,19H2. The zero-order valence-electron chi connectivity index (χ0n) is 8.90. The third kappa shape index (κ3) is 2.30. The van der Waals surface area contributed by atoms with Gasteiger partial charge in [0.1, 0.15) is 6.07 Å². The van der Waals surface area contributed by atoms with Crippen LogP contribution in [0.2, 0.25) is 0 Å². The van der Waals surface area contributed by atoms with Crippen LogP contribution in [0, 0.1) is 11.3 Å². The molecule has 0 aliphatic rings. The summed E-state index contributed by atoms with van der Waals surface area (Å²) in [4.78, 5) is 0. The monoisotopic (exact) mass is 286 g/mol. The Labute approximate surface area is 102 Å². The first-order valence-electron chi connectivity index (χ1n) is 4.57. The van der Waals surface area contributed by atoms with Gasteiger partial charge in [0.2, 0.25) is 0 Å². The Morgan fingerprint density at radius 3 is 1.79 bits per heavy atom. The first kappa shape index (κ1) is 15.1. The quantitative estimate of drug-likeness (QED) is 0.635. The van der Waals surface area contributed by atoms with Gasteiger partial charge in [-0.2, -0.15) is 31.6 Å². The molecule has 0 aliphatic heterocycles. The minimum absolute atomic E-state index is 0.135. The molecule has 2 nitrogen and oxygen atoms in total. The maximum atomic E-state index is 13.6. The van der Waals surface area contributed by atoms with Crippen LogP contribution in [0.25, 0.3) is 0 Å². The molecule has 0 amide bonds. The number of nitriles is 1. The lowest BCUT2D eigenvalue weighted by molar-refractivity contribution is -0.348. The zero-order valence-corrected chi connectivity index (χ0v) is 8.90. The molecule has 1 aromatic rings. The van der Waals surface area contributed by atoms with Gasteiger partial charge in [-0.05, 0) is 12.1 Å². The van der Waals surface area contributed by atoms with Crippen molar-refractivity contribution in [2.24, 2.45) is 0 Å². The summed E-state index contributed by atoms with van der Waals surface area (Å²) in [6.45, 7) is 0. The summed E-state index contributed by atoms with van der Waals surface area (Å²) in [7, 11) is 0. The van der Waals surface area contributed by atoms with E-state index in [4.69, 9.17) is 11.0 Å². The van der Waals surface area contributed by atoms with Gasteiger partial charge in [0.25, 0.3) is 0 Å². The Balaban J connectivity index is 3.58. The van der Waals surface area contributed by atoms with Crippen molar-refractivity contribution >= 4 is 5.69 Å². The Hall–Kier alpha value is -1.98. The van der Waals surface area contributed by atoms with Crippen molar-refractivity contribution in [3.05, 3.63) is 29.3 Å². The summed E-state index contributed by atoms with van der Waals surface area (Å²) in [5, 5.41) is 8.50. The summed E-state index contributed by atoms with van der Waals surface area (Å²) in [6.07, 6.45) is -12.4. The van der Waals surface area contributed by atoms with Crippen LogP contribution in [0.3, 0.4) is 0 Å². The number of halogens is 7. The van der Waals surface area contributed by atoms with Crippen LogP contribution < -0.4 is 5.73 Å². The van der Waals surface area contributed by atoms with E-state index in [0.717, 1.165) is 0 Å². The van der Waals surface area contributed by atoms with E-state index in [1.54, 1.807) is 0 Å². The van der Waals surface area contributed by atoms with Crippen LogP contribution in [-0.2, 0) is 5.67 Å². The van der Waals surface area contributed by atoms with E-state index < -0.39 is 29.1 Å². The van der Waals surface area contributed by atoms with Gasteiger partial charge in [0, 0.05) is 11.3 Å². The molecular weight excluding hydrogens is 281 g/mol. The fraction of sp³-hybridized carbons (Fsp3) is 0.300. The van der Waals surface area contributed by atoms with Gasteiger partial charge in [-0.15, -0.1) is 0 Å². The van der Waals surface area contributed by atoms with Crippen molar-refractivity contribution in [2.45, 2.75) is 18.0 Å². The Bertz CT molecular complexity index is 510. The molecule has 0 saturated carbocycles. The van der Waals surface area contributed by atoms with Gasteiger partial charge >= 0.3 is 18.0 Å². The molecule has 1 rings (SSSR count). The molecule has 0 radical (unpaired) electrons. The van der Waals surface area contributed by atoms with E-state index in [2.05, 4.69) is 0 Å². The second-order valence-electron chi connectivity index (χ2n) is 3.57. The largest absolute Gasteiger partial charge is 0.435 e. The normalized spacial score (nSPS) is 13.2. The first-order valence-corrected chi connectivity index (χ1v) is 4.57. The van der Waals surface area contributed by atoms with Crippen LogP contribution >= 0.6 is 0 Å². The lowest BCUT2D eigenvalue weighted by Crippen LogP contribution is -2.50. The molecule has 0 unspecified atom stereocenters. The molecule has 0 aromatic heterocycles. The third-order valence-electron chi connectivity index (χ3n) is 2.35. The fourth-order valence-electron chi connectivity index (χ4n) is 1.36. The molecule has 1 aromatic carbocycles. The Kier molecular flexibility index (Phi) is 3.41. The van der Waals surface area contributed by atoms with E-state index in [9.17, 15) is 30.7 Å². The average Bonchev–Trinajstić information content (AvgIpc) is 2.25. The number of alkyl halides is 7. The van der Waals surface area contributed by atoms with E-state index in [1.165, 1.54) is 6.07 Å². The molecule has 0 heterocycles. The number of anilines is 1. The highest BCUT2D eigenvalue weighted by atomic mass is 19.4. The van der Waals surface area contributed by atoms with Gasteiger partial charge in [0.15, 0.2) is 0 Å². The summed E-state index contributed by atoms with van der Waals surface area (Å²) in [6, 6.07) is 2.28. The van der Waals surface area contributed by atoms with Crippen LogP contribution in [0.15, 0.2) is 18.2 Å². The highest BCUT2D eigenvalue weighted by molar-refractivity contribution is 5.56. The van der Waals surface area contributed by atoms with Crippen LogP contribution in [0.1, 0.15) is 11.1 Å². The number of rotatable bonds is 1. The Morgan fingerprint density at radius 2 is 1.42 bits per heavy atom. The molecule has 0 bridgehead atoms. The van der Waals surface area contributed by atoms with Crippen LogP contribution in [0.4, 0.5) is 36.4 Å². The van der Waals surface area contributed by atoms with Crippen LogP contribution in [0.5, 0.6) is 0 Å². The highest BCUT2D eigenvalue weighted by Crippen LogP contribution is 2.53. The van der Waals surface area contributed by atoms with Crippen molar-refractivity contribution in [3.63, 3.8) is 0 Å². The maximum Gasteiger partial charge on any atom is 0.435 e. The summed E-state index contributed by atoms with van der Waals surface area (Å²) >= 11 is 0. The average molecular weight is 286 g/mol. The van der Waals surface area contributed by atoms with E-state index in [-0.39, 0.29) is 17.8 Å². The van der Waals surface area contributed by atoms with Gasteiger partial charge in [-0.1, -0.05) is 6.07 Å². The molecule has 104 valence electrons. The summed E-state index contributed by atoms with van der Waals surface area (Å²) in [5.41, 5.74) is -3.16. The predicted molar refractivity (Wildman–Crippen MR) is 50.5 cm³/mol. The molecule has 0 fully saturated rings. The molecule has 0 spiro atoms. The second-order valence-corrected chi connectivity index (χ2v) is 3.57. The SMILES string of the molecule is N#Cc1cc(C(F)(C(F)(F)F)C(F)(F)F)ccc1N. The predicted octanol–water partition coefficient (Wildman–Crippen LogP) is 3.43. The lowest BCUT2D eigenvalue weighted by Gasteiger charge is -2.30. The number of hydrogen-bond donors (Lipinski definition) is 1. The molecule has 2 N–H and O–H groups in total. The van der Waals surface area contributed by atoms with Crippen LogP contribution in [-0.4, -0.2) is 12.4 Å².